The first kappa shape index (κ1) is 18.4. The number of benzene rings is 2. The smallest absolute Gasteiger partial charge is 0.258 e. The van der Waals surface area contributed by atoms with Gasteiger partial charge in [0.15, 0.2) is 0 Å². The highest BCUT2D eigenvalue weighted by molar-refractivity contribution is 6.04. The second-order valence-electron chi connectivity index (χ2n) is 6.81. The van der Waals surface area contributed by atoms with E-state index in [1.54, 1.807) is 18.2 Å². The summed E-state index contributed by atoms with van der Waals surface area (Å²) in [7, 11) is 0. The summed E-state index contributed by atoms with van der Waals surface area (Å²) in [5, 5.41) is 14.8. The highest BCUT2D eigenvalue weighted by Gasteiger charge is 2.13. The van der Waals surface area contributed by atoms with Crippen molar-refractivity contribution in [2.24, 2.45) is 0 Å². The molecule has 0 aliphatic carbocycles. The van der Waals surface area contributed by atoms with Crippen LogP contribution in [0.4, 0.5) is 23.0 Å². The molecule has 1 saturated heterocycles. The van der Waals surface area contributed by atoms with Gasteiger partial charge in [-0.2, -0.15) is 5.26 Å². The van der Waals surface area contributed by atoms with Gasteiger partial charge in [-0.25, -0.2) is 9.97 Å². The lowest BCUT2D eigenvalue weighted by Crippen LogP contribution is -2.17. The third kappa shape index (κ3) is 4.50. The van der Waals surface area contributed by atoms with Crippen LogP contribution in [-0.2, 0) is 0 Å². The molecule has 7 heteroatoms. The van der Waals surface area contributed by atoms with Crippen molar-refractivity contribution < 1.29 is 4.79 Å². The summed E-state index contributed by atoms with van der Waals surface area (Å²) in [6.45, 7) is 2.18. The van der Waals surface area contributed by atoms with Crippen molar-refractivity contribution in [3.8, 4) is 6.07 Å². The fourth-order valence-corrected chi connectivity index (χ4v) is 3.24. The number of amides is 1. The first-order valence-corrected chi connectivity index (χ1v) is 9.47. The van der Waals surface area contributed by atoms with Crippen molar-refractivity contribution in [2.75, 3.05) is 28.6 Å². The van der Waals surface area contributed by atoms with Crippen LogP contribution in [0.1, 0.15) is 28.8 Å². The van der Waals surface area contributed by atoms with E-state index in [1.165, 1.54) is 30.9 Å². The third-order valence-electron chi connectivity index (χ3n) is 4.76. The molecule has 1 aliphatic rings. The number of nitrogens with one attached hydrogen (secondary N) is 2. The second kappa shape index (κ2) is 8.40. The van der Waals surface area contributed by atoms with Gasteiger partial charge in [-0.1, -0.05) is 6.07 Å². The van der Waals surface area contributed by atoms with Crippen molar-refractivity contribution in [1.82, 2.24) is 9.97 Å². The van der Waals surface area contributed by atoms with Crippen LogP contribution < -0.4 is 15.5 Å². The molecule has 1 aromatic heterocycles. The molecule has 144 valence electrons. The molecule has 0 radical (unpaired) electrons. The van der Waals surface area contributed by atoms with Crippen LogP contribution >= 0.6 is 0 Å². The minimum Gasteiger partial charge on any atom is -0.372 e. The Morgan fingerprint density at radius 3 is 2.41 bits per heavy atom. The molecule has 0 saturated carbocycles. The van der Waals surface area contributed by atoms with Gasteiger partial charge in [0, 0.05) is 42.5 Å². The molecular weight excluding hydrogens is 364 g/mol. The van der Waals surface area contributed by atoms with Crippen LogP contribution in [0.25, 0.3) is 0 Å². The van der Waals surface area contributed by atoms with Gasteiger partial charge >= 0.3 is 0 Å². The van der Waals surface area contributed by atoms with E-state index in [0.717, 1.165) is 18.8 Å². The van der Waals surface area contributed by atoms with E-state index in [1.807, 2.05) is 30.3 Å². The molecule has 0 atom stereocenters. The van der Waals surface area contributed by atoms with Crippen molar-refractivity contribution >= 4 is 28.9 Å². The lowest BCUT2D eigenvalue weighted by Gasteiger charge is -2.17. The summed E-state index contributed by atoms with van der Waals surface area (Å²) >= 11 is 0. The van der Waals surface area contributed by atoms with Gasteiger partial charge in [0.25, 0.3) is 5.91 Å². The molecule has 2 heterocycles. The number of nitriles is 1. The van der Waals surface area contributed by atoms with E-state index in [-0.39, 0.29) is 5.91 Å². The Morgan fingerprint density at radius 2 is 1.72 bits per heavy atom. The Hall–Kier alpha value is -3.92. The quantitative estimate of drug-likeness (QED) is 0.692. The highest BCUT2D eigenvalue weighted by Crippen LogP contribution is 2.22. The molecule has 1 aliphatic heterocycles. The fourth-order valence-electron chi connectivity index (χ4n) is 3.24. The van der Waals surface area contributed by atoms with E-state index < -0.39 is 0 Å². The Labute approximate surface area is 169 Å². The van der Waals surface area contributed by atoms with Crippen molar-refractivity contribution in [1.29, 1.82) is 5.26 Å². The summed E-state index contributed by atoms with van der Waals surface area (Å²) < 4.78 is 0. The van der Waals surface area contributed by atoms with E-state index in [9.17, 15) is 4.79 Å². The zero-order valence-electron chi connectivity index (χ0n) is 15.8. The SMILES string of the molecule is N#Cc1cccc(Nc2ncc(C(=O)Nc3ccc(N4CCCC4)cc3)cn2)c1. The lowest BCUT2D eigenvalue weighted by molar-refractivity contribution is 0.102. The number of rotatable bonds is 5. The second-order valence-corrected chi connectivity index (χ2v) is 6.81. The maximum atomic E-state index is 12.5. The molecule has 7 nitrogen and oxygen atoms in total. The van der Waals surface area contributed by atoms with Crippen LogP contribution in [0.3, 0.4) is 0 Å². The number of hydrogen-bond donors (Lipinski definition) is 2. The molecule has 1 amide bonds. The van der Waals surface area contributed by atoms with Crippen LogP contribution in [0.15, 0.2) is 60.9 Å². The number of hydrogen-bond acceptors (Lipinski definition) is 6. The zero-order chi connectivity index (χ0) is 20.1. The Balaban J connectivity index is 1.38. The number of anilines is 4. The lowest BCUT2D eigenvalue weighted by atomic mass is 10.2. The fraction of sp³-hybridized carbons (Fsp3) is 0.182. The third-order valence-corrected chi connectivity index (χ3v) is 4.76. The first-order valence-electron chi connectivity index (χ1n) is 9.47. The number of aromatic nitrogens is 2. The summed E-state index contributed by atoms with van der Waals surface area (Å²) in [4.78, 5) is 23.2. The number of carbonyl (C=O) groups is 1. The molecule has 0 spiro atoms. The van der Waals surface area contributed by atoms with Gasteiger partial charge in [-0.3, -0.25) is 4.79 Å². The van der Waals surface area contributed by atoms with Crippen molar-refractivity contribution in [3.05, 3.63) is 72.1 Å². The van der Waals surface area contributed by atoms with Crippen LogP contribution in [0.5, 0.6) is 0 Å². The average Bonchev–Trinajstić information content (AvgIpc) is 3.30. The zero-order valence-corrected chi connectivity index (χ0v) is 15.8. The summed E-state index contributed by atoms with van der Waals surface area (Å²) in [6, 6.07) is 17.0. The molecule has 3 aromatic rings. The Morgan fingerprint density at radius 1 is 1.00 bits per heavy atom. The predicted molar refractivity (Wildman–Crippen MR) is 112 cm³/mol. The first-order chi connectivity index (χ1) is 14.2. The monoisotopic (exact) mass is 384 g/mol. The maximum Gasteiger partial charge on any atom is 0.258 e. The number of carbonyl (C=O) groups excluding carboxylic acids is 1. The Kier molecular flexibility index (Phi) is 5.34. The van der Waals surface area contributed by atoms with Gasteiger partial charge in [-0.05, 0) is 55.3 Å². The standard InChI is InChI=1S/C22H20N6O/c23-13-16-4-3-5-19(12-16)27-22-24-14-17(15-25-22)21(29)26-18-6-8-20(9-7-18)28-10-1-2-11-28/h3-9,12,14-15H,1-2,10-11H2,(H,26,29)(H,24,25,27). The molecule has 2 N–H and O–H groups in total. The number of nitrogens with zero attached hydrogens (tertiary/aromatic N) is 4. The van der Waals surface area contributed by atoms with E-state index in [2.05, 4.69) is 31.6 Å². The molecule has 1 fully saturated rings. The Bertz CT molecular complexity index is 1030. The molecule has 0 bridgehead atoms. The minimum atomic E-state index is -0.267. The van der Waals surface area contributed by atoms with Crippen LogP contribution in [0.2, 0.25) is 0 Å². The average molecular weight is 384 g/mol. The predicted octanol–water partition coefficient (Wildman–Crippen LogP) is 3.94. The van der Waals surface area contributed by atoms with Crippen molar-refractivity contribution in [2.45, 2.75) is 12.8 Å². The molecular formula is C22H20N6O. The van der Waals surface area contributed by atoms with Gasteiger partial charge in [0.05, 0.1) is 17.2 Å². The van der Waals surface area contributed by atoms with Crippen molar-refractivity contribution in [3.63, 3.8) is 0 Å². The highest BCUT2D eigenvalue weighted by atomic mass is 16.1. The van der Waals surface area contributed by atoms with E-state index in [0.29, 0.717) is 22.8 Å². The summed E-state index contributed by atoms with van der Waals surface area (Å²) in [5.41, 5.74) is 3.53. The molecule has 0 unspecified atom stereocenters. The summed E-state index contributed by atoms with van der Waals surface area (Å²) in [5.74, 6) is 0.0866. The minimum absolute atomic E-state index is 0.267. The maximum absolute atomic E-state index is 12.5. The van der Waals surface area contributed by atoms with Crippen LogP contribution in [0, 0.1) is 11.3 Å². The van der Waals surface area contributed by atoms with Gasteiger partial charge in [-0.15, -0.1) is 0 Å². The normalized spacial score (nSPS) is 13.0. The molecule has 4 rings (SSSR count). The summed E-state index contributed by atoms with van der Waals surface area (Å²) in [6.07, 6.45) is 5.40. The van der Waals surface area contributed by atoms with Crippen LogP contribution in [-0.4, -0.2) is 29.0 Å². The van der Waals surface area contributed by atoms with E-state index >= 15 is 0 Å². The molecule has 2 aromatic carbocycles. The van der Waals surface area contributed by atoms with Gasteiger partial charge in [0.1, 0.15) is 0 Å². The van der Waals surface area contributed by atoms with E-state index in [4.69, 9.17) is 5.26 Å². The topological polar surface area (TPSA) is 93.9 Å². The van der Waals surface area contributed by atoms with Gasteiger partial charge in [0.2, 0.25) is 5.95 Å². The van der Waals surface area contributed by atoms with Gasteiger partial charge < -0.3 is 15.5 Å². The molecule has 29 heavy (non-hydrogen) atoms. The largest absolute Gasteiger partial charge is 0.372 e.